The minimum atomic E-state index is -3.94. The first kappa shape index (κ1) is 15.0. The summed E-state index contributed by atoms with van der Waals surface area (Å²) in [6, 6.07) is 0. The lowest BCUT2D eigenvalue weighted by atomic mass is 10.2. The summed E-state index contributed by atoms with van der Waals surface area (Å²) in [5, 5.41) is 10.8. The first-order valence-corrected chi connectivity index (χ1v) is 7.92. The SMILES string of the molecule is Cc1oc(C)c(S(=O)(=O)NN2CCCCC2)c1C(=O)O. The Hall–Kier alpha value is -1.38. The van der Waals surface area contributed by atoms with Crippen molar-refractivity contribution in [2.45, 2.75) is 38.0 Å². The largest absolute Gasteiger partial charge is 0.478 e. The van der Waals surface area contributed by atoms with Gasteiger partial charge in [-0.25, -0.2) is 18.2 Å². The molecule has 112 valence electrons. The number of carbonyl (C=O) groups is 1. The van der Waals surface area contributed by atoms with Crippen molar-refractivity contribution in [1.82, 2.24) is 9.84 Å². The molecule has 0 amide bonds. The second kappa shape index (κ2) is 5.55. The van der Waals surface area contributed by atoms with Crippen molar-refractivity contribution in [3.8, 4) is 0 Å². The highest BCUT2D eigenvalue weighted by Crippen LogP contribution is 2.26. The monoisotopic (exact) mass is 302 g/mol. The molecule has 7 nitrogen and oxygen atoms in total. The van der Waals surface area contributed by atoms with Crippen molar-refractivity contribution in [3.05, 3.63) is 17.1 Å². The van der Waals surface area contributed by atoms with Gasteiger partial charge in [-0.15, -0.1) is 4.83 Å². The minimum absolute atomic E-state index is 0.0874. The number of nitrogens with one attached hydrogen (secondary N) is 1. The lowest BCUT2D eigenvalue weighted by Gasteiger charge is -2.26. The van der Waals surface area contributed by atoms with Crippen LogP contribution in [0.1, 0.15) is 41.1 Å². The highest BCUT2D eigenvalue weighted by molar-refractivity contribution is 7.89. The predicted octanol–water partition coefficient (Wildman–Crippen LogP) is 1.27. The highest BCUT2D eigenvalue weighted by Gasteiger charge is 2.32. The Morgan fingerprint density at radius 3 is 2.35 bits per heavy atom. The van der Waals surface area contributed by atoms with Gasteiger partial charge >= 0.3 is 5.97 Å². The number of aromatic carboxylic acids is 1. The second-order valence-corrected chi connectivity index (χ2v) is 6.46. The van der Waals surface area contributed by atoms with E-state index < -0.39 is 16.0 Å². The molecule has 2 N–H and O–H groups in total. The quantitative estimate of drug-likeness (QED) is 0.869. The number of carboxylic acids is 1. The molecule has 0 unspecified atom stereocenters. The summed E-state index contributed by atoms with van der Waals surface area (Å²) in [6.45, 7) is 4.13. The van der Waals surface area contributed by atoms with Gasteiger partial charge in [0.05, 0.1) is 0 Å². The van der Waals surface area contributed by atoms with E-state index in [1.54, 1.807) is 5.01 Å². The molecule has 2 heterocycles. The van der Waals surface area contributed by atoms with Crippen molar-refractivity contribution in [2.24, 2.45) is 0 Å². The topological polar surface area (TPSA) is 99.9 Å². The fourth-order valence-corrected chi connectivity index (χ4v) is 3.97. The average molecular weight is 302 g/mol. The molecule has 1 saturated heterocycles. The molecule has 8 heteroatoms. The molecule has 0 spiro atoms. The number of rotatable bonds is 4. The van der Waals surface area contributed by atoms with Crippen LogP contribution in [0, 0.1) is 13.8 Å². The molecular weight excluding hydrogens is 284 g/mol. The molecule has 0 saturated carbocycles. The Morgan fingerprint density at radius 1 is 1.20 bits per heavy atom. The molecule has 0 aliphatic carbocycles. The smallest absolute Gasteiger partial charge is 0.340 e. The van der Waals surface area contributed by atoms with Gasteiger partial charge in [0, 0.05) is 13.1 Å². The van der Waals surface area contributed by atoms with E-state index in [1.165, 1.54) is 13.8 Å². The summed E-state index contributed by atoms with van der Waals surface area (Å²) in [5.74, 6) is -1.13. The maximum Gasteiger partial charge on any atom is 0.340 e. The van der Waals surface area contributed by atoms with Gasteiger partial charge in [0.1, 0.15) is 22.0 Å². The summed E-state index contributed by atoms with van der Waals surface area (Å²) < 4.78 is 29.9. The van der Waals surface area contributed by atoms with Crippen molar-refractivity contribution >= 4 is 16.0 Å². The third-order valence-electron chi connectivity index (χ3n) is 3.29. The van der Waals surface area contributed by atoms with Gasteiger partial charge in [-0.2, -0.15) is 0 Å². The van der Waals surface area contributed by atoms with Gasteiger partial charge in [-0.05, 0) is 26.7 Å². The predicted molar refractivity (Wildman–Crippen MR) is 70.9 cm³/mol. The van der Waals surface area contributed by atoms with Crippen LogP contribution in [-0.2, 0) is 10.0 Å². The Kier molecular flexibility index (Phi) is 4.17. The van der Waals surface area contributed by atoms with Gasteiger partial charge in [0.25, 0.3) is 10.0 Å². The van der Waals surface area contributed by atoms with E-state index in [0.717, 1.165) is 19.3 Å². The van der Waals surface area contributed by atoms with Gasteiger partial charge in [-0.3, -0.25) is 0 Å². The van der Waals surface area contributed by atoms with E-state index in [4.69, 9.17) is 9.52 Å². The zero-order valence-corrected chi connectivity index (χ0v) is 12.3. The molecule has 1 aliphatic heterocycles. The van der Waals surface area contributed by atoms with Crippen LogP contribution < -0.4 is 4.83 Å². The van der Waals surface area contributed by atoms with E-state index in [1.807, 2.05) is 0 Å². The van der Waals surface area contributed by atoms with Gasteiger partial charge < -0.3 is 9.52 Å². The molecule has 0 radical (unpaired) electrons. The molecular formula is C12H18N2O5S. The number of nitrogens with zero attached hydrogens (tertiary/aromatic N) is 1. The second-order valence-electron chi connectivity index (χ2n) is 4.87. The maximum atomic E-state index is 12.4. The fourth-order valence-electron chi connectivity index (χ4n) is 2.44. The number of hydrazine groups is 1. The number of furan rings is 1. The molecule has 20 heavy (non-hydrogen) atoms. The van der Waals surface area contributed by atoms with Crippen molar-refractivity contribution in [1.29, 1.82) is 0 Å². The molecule has 1 aromatic rings. The minimum Gasteiger partial charge on any atom is -0.478 e. The van der Waals surface area contributed by atoms with Crippen LogP contribution in [0.4, 0.5) is 0 Å². The zero-order chi connectivity index (χ0) is 14.9. The summed E-state index contributed by atoms with van der Waals surface area (Å²) in [4.78, 5) is 13.4. The van der Waals surface area contributed by atoms with Crippen LogP contribution in [0.3, 0.4) is 0 Å². The van der Waals surface area contributed by atoms with Crippen molar-refractivity contribution in [2.75, 3.05) is 13.1 Å². The lowest BCUT2D eigenvalue weighted by Crippen LogP contribution is -2.45. The Balaban J connectivity index is 2.36. The molecule has 1 aliphatic rings. The van der Waals surface area contributed by atoms with Gasteiger partial charge in [-0.1, -0.05) is 6.42 Å². The van der Waals surface area contributed by atoms with Crippen molar-refractivity contribution < 1.29 is 22.7 Å². The van der Waals surface area contributed by atoms with Crippen LogP contribution in [0.2, 0.25) is 0 Å². The van der Waals surface area contributed by atoms with E-state index >= 15 is 0 Å². The molecule has 2 rings (SSSR count). The number of hydrogen-bond donors (Lipinski definition) is 2. The molecule has 1 aromatic heterocycles. The summed E-state index contributed by atoms with van der Waals surface area (Å²) >= 11 is 0. The Bertz CT molecular complexity index is 614. The third kappa shape index (κ3) is 2.87. The van der Waals surface area contributed by atoms with Gasteiger partial charge in [0.15, 0.2) is 0 Å². The van der Waals surface area contributed by atoms with Crippen LogP contribution in [0.25, 0.3) is 0 Å². The van der Waals surface area contributed by atoms with Crippen LogP contribution in [0.15, 0.2) is 9.31 Å². The number of aryl methyl sites for hydroxylation is 2. The summed E-state index contributed by atoms with van der Waals surface area (Å²) in [7, 11) is -3.94. The standard InChI is InChI=1S/C12H18N2O5S/c1-8-10(12(15)16)11(9(2)19-8)20(17,18)13-14-6-4-3-5-7-14/h13H,3-7H2,1-2H3,(H,15,16). The zero-order valence-electron chi connectivity index (χ0n) is 11.5. The van der Waals surface area contributed by atoms with Crippen molar-refractivity contribution in [3.63, 3.8) is 0 Å². The molecule has 0 atom stereocenters. The lowest BCUT2D eigenvalue weighted by molar-refractivity contribution is 0.0691. The van der Waals surface area contributed by atoms with Crippen LogP contribution in [-0.4, -0.2) is 37.6 Å². The average Bonchev–Trinajstić information content (AvgIpc) is 2.65. The van der Waals surface area contributed by atoms with Crippen LogP contribution >= 0.6 is 0 Å². The number of sulfonamides is 1. The fraction of sp³-hybridized carbons (Fsp3) is 0.583. The number of hydrogen-bond acceptors (Lipinski definition) is 5. The van der Waals surface area contributed by atoms with E-state index in [-0.39, 0.29) is 22.0 Å². The molecule has 1 fully saturated rings. The number of carboxylic acid groups (broad SMARTS) is 1. The normalized spacial score (nSPS) is 17.3. The first-order chi connectivity index (χ1) is 9.33. The third-order valence-corrected chi connectivity index (χ3v) is 4.82. The highest BCUT2D eigenvalue weighted by atomic mass is 32.2. The Labute approximate surface area is 117 Å². The maximum absolute atomic E-state index is 12.4. The van der Waals surface area contributed by atoms with Gasteiger partial charge in [0.2, 0.25) is 0 Å². The summed E-state index contributed by atoms with van der Waals surface area (Å²) in [5.41, 5.74) is -0.299. The molecule has 0 aromatic carbocycles. The summed E-state index contributed by atoms with van der Waals surface area (Å²) in [6.07, 6.45) is 2.90. The first-order valence-electron chi connectivity index (χ1n) is 6.43. The number of piperidine rings is 1. The van der Waals surface area contributed by atoms with Crippen LogP contribution in [0.5, 0.6) is 0 Å². The van der Waals surface area contributed by atoms with E-state index in [9.17, 15) is 13.2 Å². The molecule has 0 bridgehead atoms. The Morgan fingerprint density at radius 2 is 1.80 bits per heavy atom. The van der Waals surface area contributed by atoms with E-state index in [2.05, 4.69) is 4.83 Å². The van der Waals surface area contributed by atoms with E-state index in [0.29, 0.717) is 13.1 Å².